The number of halogens is 1. The second-order valence-corrected chi connectivity index (χ2v) is 6.76. The van der Waals surface area contributed by atoms with Crippen LogP contribution < -0.4 is 10.5 Å². The van der Waals surface area contributed by atoms with Gasteiger partial charge in [-0.2, -0.15) is 4.98 Å². The minimum Gasteiger partial charge on any atom is -0.398 e. The number of nitrogens with two attached hydrogens (primary N) is 1. The fourth-order valence-corrected chi connectivity index (χ4v) is 3.59. The molecule has 2 aromatic rings. The van der Waals surface area contributed by atoms with Crippen molar-refractivity contribution in [1.82, 2.24) is 14.9 Å². The van der Waals surface area contributed by atoms with Gasteiger partial charge in [-0.05, 0) is 24.6 Å². The van der Waals surface area contributed by atoms with Gasteiger partial charge in [0.2, 0.25) is 16.4 Å². The van der Waals surface area contributed by atoms with Crippen LogP contribution in [0.1, 0.15) is 11.4 Å². The van der Waals surface area contributed by atoms with Crippen molar-refractivity contribution in [3.05, 3.63) is 34.4 Å². The number of nitrogens with one attached hydrogen (secondary N) is 1. The summed E-state index contributed by atoms with van der Waals surface area (Å²) in [4.78, 5) is 3.96. The molecule has 0 atom stereocenters. The van der Waals surface area contributed by atoms with E-state index >= 15 is 0 Å². The number of hydrogen-bond acceptors (Lipinski definition) is 6. The van der Waals surface area contributed by atoms with Gasteiger partial charge in [-0.3, -0.25) is 0 Å². The van der Waals surface area contributed by atoms with Gasteiger partial charge in [0, 0.05) is 23.1 Å². The first-order valence-electron chi connectivity index (χ1n) is 5.70. The van der Waals surface area contributed by atoms with Gasteiger partial charge in [-0.25, -0.2) is 13.1 Å². The Morgan fingerprint density at radius 1 is 1.45 bits per heavy atom. The van der Waals surface area contributed by atoms with Gasteiger partial charge in [0.15, 0.2) is 5.82 Å². The Kier molecular flexibility index (Phi) is 4.41. The molecule has 0 fully saturated rings. The molecule has 20 heavy (non-hydrogen) atoms. The smallest absolute Gasteiger partial charge is 0.240 e. The molecule has 0 aliphatic rings. The molecule has 0 aliphatic carbocycles. The fraction of sp³-hybridized carbons (Fsp3) is 0.273. The highest BCUT2D eigenvalue weighted by molar-refractivity contribution is 9.10. The summed E-state index contributed by atoms with van der Waals surface area (Å²) in [6.07, 6.45) is 1.54. The highest BCUT2D eigenvalue weighted by Crippen LogP contribution is 2.26. The van der Waals surface area contributed by atoms with Crippen molar-refractivity contribution in [3.63, 3.8) is 0 Å². The third-order valence-electron chi connectivity index (χ3n) is 2.70. The first-order chi connectivity index (χ1) is 9.40. The van der Waals surface area contributed by atoms with Gasteiger partial charge in [0.25, 0.3) is 0 Å². The van der Waals surface area contributed by atoms with Crippen LogP contribution in [0, 0.1) is 6.92 Å². The van der Waals surface area contributed by atoms with Crippen LogP contribution in [0.15, 0.2) is 32.4 Å². The highest BCUT2D eigenvalue weighted by atomic mass is 79.9. The summed E-state index contributed by atoms with van der Waals surface area (Å²) in [5.41, 5.74) is 6.70. The van der Waals surface area contributed by atoms with Crippen molar-refractivity contribution >= 4 is 31.6 Å². The molecule has 0 bridgehead atoms. The number of sulfonamides is 1. The van der Waals surface area contributed by atoms with Crippen molar-refractivity contribution in [2.45, 2.75) is 18.2 Å². The molecule has 0 unspecified atom stereocenters. The van der Waals surface area contributed by atoms with Gasteiger partial charge >= 0.3 is 0 Å². The normalized spacial score (nSPS) is 11.7. The summed E-state index contributed by atoms with van der Waals surface area (Å²) in [7, 11) is -3.64. The number of anilines is 1. The van der Waals surface area contributed by atoms with Crippen LogP contribution in [0.3, 0.4) is 0 Å². The van der Waals surface area contributed by atoms with E-state index in [0.717, 1.165) is 0 Å². The van der Waals surface area contributed by atoms with Crippen molar-refractivity contribution in [2.75, 3.05) is 12.3 Å². The lowest BCUT2D eigenvalue weighted by atomic mass is 10.2. The van der Waals surface area contributed by atoms with E-state index in [0.29, 0.717) is 28.0 Å². The Labute approximate surface area is 124 Å². The summed E-state index contributed by atoms with van der Waals surface area (Å²) in [6, 6.07) is 3.18. The Balaban J connectivity index is 2.14. The minimum atomic E-state index is -3.64. The van der Waals surface area contributed by atoms with Gasteiger partial charge in [0.05, 0.1) is 4.90 Å². The molecule has 0 radical (unpaired) electrons. The number of hydrogen-bond donors (Lipinski definition) is 2. The van der Waals surface area contributed by atoms with Crippen LogP contribution in [0.2, 0.25) is 0 Å². The summed E-state index contributed by atoms with van der Waals surface area (Å²) >= 11 is 3.23. The second-order valence-electron chi connectivity index (χ2n) is 4.11. The second kappa shape index (κ2) is 5.90. The molecule has 2 rings (SSSR count). The van der Waals surface area contributed by atoms with E-state index < -0.39 is 10.0 Å². The maximum atomic E-state index is 12.2. The molecular weight excluding hydrogens is 348 g/mol. The molecule has 1 aromatic heterocycles. The molecule has 3 N–H and O–H groups in total. The number of nitrogen functional groups attached to an aromatic ring is 1. The Morgan fingerprint density at radius 2 is 2.20 bits per heavy atom. The van der Waals surface area contributed by atoms with Crippen molar-refractivity contribution in [2.24, 2.45) is 0 Å². The van der Waals surface area contributed by atoms with Crippen LogP contribution in [0.25, 0.3) is 0 Å². The van der Waals surface area contributed by atoms with Crippen molar-refractivity contribution < 1.29 is 12.9 Å². The van der Waals surface area contributed by atoms with Gasteiger partial charge in [0.1, 0.15) is 0 Å². The van der Waals surface area contributed by atoms with Crippen molar-refractivity contribution in [1.29, 1.82) is 0 Å². The Morgan fingerprint density at radius 3 is 2.85 bits per heavy atom. The van der Waals surface area contributed by atoms with Crippen LogP contribution in [-0.2, 0) is 16.4 Å². The molecule has 108 valence electrons. The maximum Gasteiger partial charge on any atom is 0.240 e. The van der Waals surface area contributed by atoms with Crippen molar-refractivity contribution in [3.8, 4) is 0 Å². The molecule has 0 spiro atoms. The lowest BCUT2D eigenvalue weighted by Crippen LogP contribution is -2.27. The zero-order valence-corrected chi connectivity index (χ0v) is 13.0. The standard InChI is InChI=1S/C11H13BrN4O3S/c1-7-9(13)4-8(12)5-10(7)20(17,18)15-3-2-11-14-6-19-16-11/h4-6,15H,2-3,13H2,1H3. The van der Waals surface area contributed by atoms with E-state index in [2.05, 4.69) is 35.3 Å². The zero-order valence-electron chi connectivity index (χ0n) is 10.6. The maximum absolute atomic E-state index is 12.2. The van der Waals surface area contributed by atoms with Crippen LogP contribution in [-0.4, -0.2) is 25.1 Å². The average Bonchev–Trinajstić information content (AvgIpc) is 2.86. The van der Waals surface area contributed by atoms with E-state index in [9.17, 15) is 8.42 Å². The van der Waals surface area contributed by atoms with Crippen LogP contribution in [0.5, 0.6) is 0 Å². The largest absolute Gasteiger partial charge is 0.398 e. The summed E-state index contributed by atoms with van der Waals surface area (Å²) in [6.45, 7) is 1.84. The molecule has 0 saturated heterocycles. The molecule has 1 aromatic carbocycles. The molecular formula is C11H13BrN4O3S. The number of nitrogens with zero attached hydrogens (tertiary/aromatic N) is 2. The topological polar surface area (TPSA) is 111 Å². The summed E-state index contributed by atoms with van der Waals surface area (Å²) < 4.78 is 32.1. The predicted octanol–water partition coefficient (Wildman–Crippen LogP) is 1.24. The van der Waals surface area contributed by atoms with Gasteiger partial charge < -0.3 is 10.3 Å². The van der Waals surface area contributed by atoms with E-state index in [1.54, 1.807) is 13.0 Å². The lowest BCUT2D eigenvalue weighted by Gasteiger charge is -2.11. The predicted molar refractivity (Wildman–Crippen MR) is 76.5 cm³/mol. The monoisotopic (exact) mass is 360 g/mol. The number of benzene rings is 1. The van der Waals surface area contributed by atoms with Gasteiger partial charge in [-0.1, -0.05) is 21.1 Å². The number of aromatic nitrogens is 2. The molecule has 9 heteroatoms. The van der Waals surface area contributed by atoms with Gasteiger partial charge in [-0.15, -0.1) is 0 Å². The fourth-order valence-electron chi connectivity index (χ4n) is 1.63. The van der Waals surface area contributed by atoms with E-state index in [1.807, 2.05) is 0 Å². The van der Waals surface area contributed by atoms with E-state index in [4.69, 9.17) is 5.73 Å². The quantitative estimate of drug-likeness (QED) is 0.776. The zero-order chi connectivity index (χ0) is 14.8. The lowest BCUT2D eigenvalue weighted by molar-refractivity contribution is 0.410. The first kappa shape index (κ1) is 14.9. The average molecular weight is 361 g/mol. The molecule has 0 saturated carbocycles. The first-order valence-corrected chi connectivity index (χ1v) is 7.98. The molecule has 7 nitrogen and oxygen atoms in total. The van der Waals surface area contributed by atoms with E-state index in [1.165, 1.54) is 12.5 Å². The summed E-state index contributed by atoms with van der Waals surface area (Å²) in [5.74, 6) is 0.443. The van der Waals surface area contributed by atoms with Crippen LogP contribution >= 0.6 is 15.9 Å². The minimum absolute atomic E-state index is 0.150. The SMILES string of the molecule is Cc1c(N)cc(Br)cc1S(=O)(=O)NCCc1ncon1. The molecule has 0 amide bonds. The molecule has 0 aliphatic heterocycles. The third kappa shape index (κ3) is 3.35. The Hall–Kier alpha value is -1.45. The molecule has 1 heterocycles. The van der Waals surface area contributed by atoms with E-state index in [-0.39, 0.29) is 11.4 Å². The number of rotatable bonds is 5. The Bertz CT molecular complexity index is 701. The van der Waals surface area contributed by atoms with Crippen LogP contribution in [0.4, 0.5) is 5.69 Å². The third-order valence-corrected chi connectivity index (χ3v) is 4.75. The highest BCUT2D eigenvalue weighted by Gasteiger charge is 2.18. The summed E-state index contributed by atoms with van der Waals surface area (Å²) in [5, 5.41) is 3.61.